The van der Waals surface area contributed by atoms with E-state index in [9.17, 15) is 0 Å². The fourth-order valence-corrected chi connectivity index (χ4v) is 0.672. The number of hydrogen-bond donors (Lipinski definition) is 1. The van der Waals surface area contributed by atoms with Gasteiger partial charge >= 0.3 is 0 Å². The van der Waals surface area contributed by atoms with Crippen LogP contribution >= 0.6 is 0 Å². The van der Waals surface area contributed by atoms with E-state index in [0.717, 1.165) is 6.54 Å². The smallest absolute Gasteiger partial charge is 0.116 e. The molecule has 0 fully saturated rings. The van der Waals surface area contributed by atoms with Crippen LogP contribution in [0.25, 0.3) is 0 Å². The van der Waals surface area contributed by atoms with Gasteiger partial charge in [-0.15, -0.1) is 5.10 Å². The van der Waals surface area contributed by atoms with Crippen molar-refractivity contribution in [2.24, 2.45) is 10.3 Å². The first-order chi connectivity index (χ1) is 4.72. The Morgan fingerprint density at radius 3 is 2.50 bits per heavy atom. The Morgan fingerprint density at radius 2 is 2.20 bits per heavy atom. The van der Waals surface area contributed by atoms with Crippen molar-refractivity contribution in [3.63, 3.8) is 0 Å². The molecule has 0 heterocycles. The van der Waals surface area contributed by atoms with Gasteiger partial charge in [0.2, 0.25) is 0 Å². The number of nitrogens with one attached hydrogen (secondary N) is 1. The molecule has 0 rings (SSSR count). The highest BCUT2D eigenvalue weighted by Gasteiger charge is 1.99. The highest BCUT2D eigenvalue weighted by molar-refractivity contribution is 5.54. The minimum atomic E-state index is 0.426. The Balaban J connectivity index is 3.82. The van der Waals surface area contributed by atoms with Crippen molar-refractivity contribution >= 4 is 6.34 Å². The Labute approximate surface area is 61.4 Å². The van der Waals surface area contributed by atoms with Gasteiger partial charge in [0, 0.05) is 12.6 Å². The lowest BCUT2D eigenvalue weighted by Gasteiger charge is -2.20. The average molecular weight is 142 g/mol. The highest BCUT2D eigenvalue weighted by Crippen LogP contribution is 1.92. The van der Waals surface area contributed by atoms with Crippen molar-refractivity contribution in [1.82, 2.24) is 4.90 Å². The standard InChI is InChI=1S/C6H14N4/c1-4-10(6(2)3)5-8-9-7/h5-7H,4H2,1-3H3/b8-5-,9-7?. The number of nitrogens with zero attached hydrogens (tertiary/aromatic N) is 3. The zero-order valence-electron chi connectivity index (χ0n) is 6.70. The fourth-order valence-electron chi connectivity index (χ4n) is 0.672. The summed E-state index contributed by atoms with van der Waals surface area (Å²) in [6.07, 6.45) is 1.58. The van der Waals surface area contributed by atoms with Gasteiger partial charge in [0.25, 0.3) is 0 Å². The Bertz CT molecular complexity index is 119. The van der Waals surface area contributed by atoms with Gasteiger partial charge in [0.15, 0.2) is 0 Å². The quantitative estimate of drug-likeness (QED) is 0.276. The molecule has 0 radical (unpaired) electrons. The summed E-state index contributed by atoms with van der Waals surface area (Å²) < 4.78 is 0. The van der Waals surface area contributed by atoms with Crippen LogP contribution in [0.4, 0.5) is 0 Å². The maximum Gasteiger partial charge on any atom is 0.116 e. The lowest BCUT2D eigenvalue weighted by atomic mass is 10.3. The molecule has 0 spiro atoms. The molecule has 1 N–H and O–H groups in total. The van der Waals surface area contributed by atoms with Crippen molar-refractivity contribution in [1.29, 1.82) is 5.53 Å². The van der Waals surface area contributed by atoms with Crippen LogP contribution in [0.1, 0.15) is 20.8 Å². The minimum absolute atomic E-state index is 0.426. The molecule has 0 aliphatic rings. The molecule has 0 aromatic rings. The third kappa shape index (κ3) is 3.17. The Kier molecular flexibility index (Phi) is 4.45. The summed E-state index contributed by atoms with van der Waals surface area (Å²) in [6.45, 7) is 7.07. The molecule has 0 aromatic heterocycles. The first kappa shape index (κ1) is 9.07. The summed E-state index contributed by atoms with van der Waals surface area (Å²) in [5.74, 6) is 0. The van der Waals surface area contributed by atoms with E-state index in [1.54, 1.807) is 6.34 Å². The van der Waals surface area contributed by atoms with Crippen LogP contribution in [0, 0.1) is 5.53 Å². The van der Waals surface area contributed by atoms with Crippen molar-refractivity contribution in [3.8, 4) is 0 Å². The fraction of sp³-hybridized carbons (Fsp3) is 0.833. The van der Waals surface area contributed by atoms with Gasteiger partial charge in [0.05, 0.1) is 0 Å². The zero-order chi connectivity index (χ0) is 7.98. The maximum absolute atomic E-state index is 6.41. The van der Waals surface area contributed by atoms with Gasteiger partial charge in [0.1, 0.15) is 6.34 Å². The Morgan fingerprint density at radius 1 is 1.60 bits per heavy atom. The second-order valence-corrected chi connectivity index (χ2v) is 2.26. The molecule has 10 heavy (non-hydrogen) atoms. The van der Waals surface area contributed by atoms with E-state index < -0.39 is 0 Å². The average Bonchev–Trinajstić information content (AvgIpc) is 1.89. The Hall–Kier alpha value is -0.930. The molecule has 4 heteroatoms. The largest absolute Gasteiger partial charge is 0.359 e. The summed E-state index contributed by atoms with van der Waals surface area (Å²) >= 11 is 0. The van der Waals surface area contributed by atoms with E-state index in [4.69, 9.17) is 5.53 Å². The van der Waals surface area contributed by atoms with Crippen LogP contribution < -0.4 is 0 Å². The first-order valence-corrected chi connectivity index (χ1v) is 3.38. The van der Waals surface area contributed by atoms with E-state index in [-0.39, 0.29) is 0 Å². The van der Waals surface area contributed by atoms with Gasteiger partial charge in [-0.05, 0) is 20.8 Å². The van der Waals surface area contributed by atoms with E-state index in [0.29, 0.717) is 6.04 Å². The van der Waals surface area contributed by atoms with E-state index in [2.05, 4.69) is 24.2 Å². The number of rotatable bonds is 4. The summed E-state index contributed by atoms with van der Waals surface area (Å²) in [6, 6.07) is 0.426. The second-order valence-electron chi connectivity index (χ2n) is 2.26. The molecule has 0 saturated heterocycles. The van der Waals surface area contributed by atoms with Crippen molar-refractivity contribution < 1.29 is 0 Å². The lowest BCUT2D eigenvalue weighted by Crippen LogP contribution is -2.28. The summed E-state index contributed by atoms with van der Waals surface area (Å²) in [5, 5.41) is 6.34. The maximum atomic E-state index is 6.41. The summed E-state index contributed by atoms with van der Waals surface area (Å²) in [7, 11) is 0. The molecule has 0 atom stereocenters. The molecular weight excluding hydrogens is 128 g/mol. The monoisotopic (exact) mass is 142 g/mol. The molecule has 0 aliphatic carbocycles. The molecule has 0 aromatic carbocycles. The topological polar surface area (TPSA) is 51.8 Å². The van der Waals surface area contributed by atoms with Crippen molar-refractivity contribution in [2.75, 3.05) is 6.54 Å². The van der Waals surface area contributed by atoms with Crippen LogP contribution in [-0.4, -0.2) is 23.8 Å². The lowest BCUT2D eigenvalue weighted by molar-refractivity contribution is 0.376. The molecule has 58 valence electrons. The zero-order valence-corrected chi connectivity index (χ0v) is 6.70. The molecule has 0 bridgehead atoms. The van der Waals surface area contributed by atoms with E-state index >= 15 is 0 Å². The molecule has 4 nitrogen and oxygen atoms in total. The molecule has 0 unspecified atom stereocenters. The van der Waals surface area contributed by atoms with Gasteiger partial charge in [-0.3, -0.25) is 0 Å². The van der Waals surface area contributed by atoms with Gasteiger partial charge in [-0.1, -0.05) is 5.22 Å². The molecule has 0 aliphatic heterocycles. The van der Waals surface area contributed by atoms with E-state index in [1.165, 1.54) is 0 Å². The second kappa shape index (κ2) is 4.90. The van der Waals surface area contributed by atoms with Gasteiger partial charge < -0.3 is 4.90 Å². The van der Waals surface area contributed by atoms with Crippen molar-refractivity contribution in [3.05, 3.63) is 0 Å². The van der Waals surface area contributed by atoms with Gasteiger partial charge in [-0.25, -0.2) is 0 Å². The predicted octanol–water partition coefficient (Wildman–Crippen LogP) is 1.69. The third-order valence-corrected chi connectivity index (χ3v) is 1.29. The van der Waals surface area contributed by atoms with Crippen LogP contribution in [0.2, 0.25) is 0 Å². The summed E-state index contributed by atoms with van der Waals surface area (Å²) in [4.78, 5) is 2.00. The van der Waals surface area contributed by atoms with Gasteiger partial charge in [-0.2, -0.15) is 5.53 Å². The highest BCUT2D eigenvalue weighted by atomic mass is 15.3. The van der Waals surface area contributed by atoms with Crippen LogP contribution in [0.3, 0.4) is 0 Å². The molecular formula is C6H14N4. The van der Waals surface area contributed by atoms with Crippen LogP contribution in [-0.2, 0) is 0 Å². The van der Waals surface area contributed by atoms with Crippen LogP contribution in [0.15, 0.2) is 10.3 Å². The first-order valence-electron chi connectivity index (χ1n) is 3.38. The van der Waals surface area contributed by atoms with E-state index in [1.807, 2.05) is 11.8 Å². The van der Waals surface area contributed by atoms with Crippen molar-refractivity contribution in [2.45, 2.75) is 26.8 Å². The summed E-state index contributed by atoms with van der Waals surface area (Å²) in [5.41, 5.74) is 6.41. The SMILES string of the molecule is CCN(/C=N\N=N)C(C)C. The molecule has 0 saturated carbocycles. The number of hydrogen-bond acceptors (Lipinski definition) is 2. The predicted molar refractivity (Wildman–Crippen MR) is 41.2 cm³/mol. The molecule has 0 amide bonds. The normalized spacial score (nSPS) is 10.8. The minimum Gasteiger partial charge on any atom is -0.359 e. The third-order valence-electron chi connectivity index (χ3n) is 1.29. The van der Waals surface area contributed by atoms with Crippen LogP contribution in [0.5, 0.6) is 0 Å².